The van der Waals surface area contributed by atoms with Crippen LogP contribution in [0.3, 0.4) is 0 Å². The smallest absolute Gasteiger partial charge is 0.0812 e. The summed E-state index contributed by atoms with van der Waals surface area (Å²) in [4.78, 5) is 8.02. The van der Waals surface area contributed by atoms with Crippen LogP contribution >= 0.6 is 0 Å². The zero-order valence-corrected chi connectivity index (χ0v) is 6.94. The number of nitrogens with two attached hydrogens (primary N) is 1. The van der Waals surface area contributed by atoms with E-state index in [4.69, 9.17) is 5.73 Å². The van der Waals surface area contributed by atoms with Crippen LogP contribution in [0.15, 0.2) is 41.3 Å². The van der Waals surface area contributed by atoms with Crippen LogP contribution in [0.1, 0.15) is 6.92 Å². The molecule has 0 atom stereocenters. The molecular weight excluding hydrogens is 150 g/mol. The number of aromatic nitrogens is 1. The van der Waals surface area contributed by atoms with E-state index in [0.717, 1.165) is 11.4 Å². The number of hydrogen-bond donors (Lipinski definition) is 1. The van der Waals surface area contributed by atoms with Crippen LogP contribution in [-0.4, -0.2) is 11.2 Å². The Morgan fingerprint density at radius 3 is 3.08 bits per heavy atom. The minimum atomic E-state index is 0.739. The van der Waals surface area contributed by atoms with Crippen LogP contribution in [0.2, 0.25) is 0 Å². The molecule has 0 aromatic carbocycles. The third kappa shape index (κ3) is 2.96. The highest BCUT2D eigenvalue weighted by Crippen LogP contribution is 2.05. The SMILES string of the molecule is CC(N)=CC=Nc1cccnc1. The van der Waals surface area contributed by atoms with Gasteiger partial charge in [-0.15, -0.1) is 0 Å². The molecular formula is C9H11N3. The fraction of sp³-hybridized carbons (Fsp3) is 0.111. The van der Waals surface area contributed by atoms with Gasteiger partial charge in [-0.3, -0.25) is 9.98 Å². The molecule has 3 nitrogen and oxygen atoms in total. The molecule has 0 aliphatic rings. The molecule has 12 heavy (non-hydrogen) atoms. The number of rotatable bonds is 2. The number of aliphatic imine (C=N–C) groups is 1. The zero-order valence-electron chi connectivity index (χ0n) is 6.94. The van der Waals surface area contributed by atoms with Gasteiger partial charge in [0.25, 0.3) is 0 Å². The summed E-state index contributed by atoms with van der Waals surface area (Å²) in [5, 5.41) is 0. The van der Waals surface area contributed by atoms with Crippen molar-refractivity contribution in [2.75, 3.05) is 0 Å². The molecule has 1 heterocycles. The summed E-state index contributed by atoms with van der Waals surface area (Å²) < 4.78 is 0. The van der Waals surface area contributed by atoms with E-state index in [1.165, 1.54) is 0 Å². The maximum atomic E-state index is 5.41. The van der Waals surface area contributed by atoms with E-state index in [9.17, 15) is 0 Å². The molecule has 2 N–H and O–H groups in total. The number of pyridine rings is 1. The van der Waals surface area contributed by atoms with Gasteiger partial charge in [0.15, 0.2) is 0 Å². The van der Waals surface area contributed by atoms with Gasteiger partial charge in [-0.05, 0) is 25.1 Å². The van der Waals surface area contributed by atoms with E-state index in [1.807, 2.05) is 19.1 Å². The van der Waals surface area contributed by atoms with E-state index >= 15 is 0 Å². The predicted molar refractivity (Wildman–Crippen MR) is 50.3 cm³/mol. The van der Waals surface area contributed by atoms with E-state index in [1.54, 1.807) is 24.7 Å². The standard InChI is InChI=1S/C9H11N3/c1-8(10)4-6-12-9-3-2-5-11-7-9/h2-7H,10H2,1H3. The van der Waals surface area contributed by atoms with E-state index in [2.05, 4.69) is 9.98 Å². The van der Waals surface area contributed by atoms with Crippen molar-refractivity contribution in [1.29, 1.82) is 0 Å². The van der Waals surface area contributed by atoms with Gasteiger partial charge in [-0.1, -0.05) is 0 Å². The molecule has 1 aromatic heterocycles. The molecule has 0 aliphatic heterocycles. The Morgan fingerprint density at radius 2 is 2.50 bits per heavy atom. The second kappa shape index (κ2) is 4.28. The second-order valence-corrected chi connectivity index (χ2v) is 2.40. The van der Waals surface area contributed by atoms with E-state index in [0.29, 0.717) is 0 Å². The molecule has 0 unspecified atom stereocenters. The summed E-state index contributed by atoms with van der Waals surface area (Å²) in [6.45, 7) is 1.81. The normalized spacial score (nSPS) is 12.2. The third-order valence-electron chi connectivity index (χ3n) is 1.21. The lowest BCUT2D eigenvalue weighted by Crippen LogP contribution is -1.89. The Morgan fingerprint density at radius 1 is 1.67 bits per heavy atom. The summed E-state index contributed by atoms with van der Waals surface area (Å²) in [6, 6.07) is 3.72. The highest BCUT2D eigenvalue weighted by Gasteiger charge is 1.81. The Hall–Kier alpha value is -1.64. The Balaban J connectivity index is 2.64. The van der Waals surface area contributed by atoms with Gasteiger partial charge < -0.3 is 5.73 Å². The Bertz CT molecular complexity index is 284. The van der Waals surface area contributed by atoms with Gasteiger partial charge in [0, 0.05) is 18.1 Å². The van der Waals surface area contributed by atoms with Crippen LogP contribution < -0.4 is 5.73 Å². The lowest BCUT2D eigenvalue weighted by atomic mass is 10.4. The summed E-state index contributed by atoms with van der Waals surface area (Å²) in [5.41, 5.74) is 6.98. The Kier molecular flexibility index (Phi) is 3.02. The molecule has 0 radical (unpaired) electrons. The topological polar surface area (TPSA) is 51.3 Å². The van der Waals surface area contributed by atoms with Gasteiger partial charge in [-0.2, -0.15) is 0 Å². The molecule has 0 spiro atoms. The van der Waals surface area contributed by atoms with Crippen molar-refractivity contribution in [2.24, 2.45) is 10.7 Å². The monoisotopic (exact) mass is 161 g/mol. The van der Waals surface area contributed by atoms with Gasteiger partial charge >= 0.3 is 0 Å². The van der Waals surface area contributed by atoms with Crippen molar-refractivity contribution in [3.05, 3.63) is 36.3 Å². The van der Waals surface area contributed by atoms with Gasteiger partial charge in [0.1, 0.15) is 0 Å². The lowest BCUT2D eigenvalue weighted by Gasteiger charge is -1.88. The minimum absolute atomic E-state index is 0.739. The van der Waals surface area contributed by atoms with Crippen molar-refractivity contribution in [1.82, 2.24) is 4.98 Å². The summed E-state index contributed by atoms with van der Waals surface area (Å²) in [6.07, 6.45) is 6.80. The largest absolute Gasteiger partial charge is 0.402 e. The summed E-state index contributed by atoms with van der Waals surface area (Å²) >= 11 is 0. The van der Waals surface area contributed by atoms with E-state index < -0.39 is 0 Å². The number of allylic oxidation sites excluding steroid dienone is 2. The van der Waals surface area contributed by atoms with Gasteiger partial charge in [-0.25, -0.2) is 0 Å². The van der Waals surface area contributed by atoms with Crippen LogP contribution in [0, 0.1) is 0 Å². The van der Waals surface area contributed by atoms with Crippen molar-refractivity contribution in [3.8, 4) is 0 Å². The van der Waals surface area contributed by atoms with E-state index in [-0.39, 0.29) is 0 Å². The molecule has 0 fully saturated rings. The quantitative estimate of drug-likeness (QED) is 0.670. The summed E-state index contributed by atoms with van der Waals surface area (Å²) in [5.74, 6) is 0. The molecule has 1 aromatic rings. The molecule has 0 saturated heterocycles. The molecule has 3 heteroatoms. The molecule has 0 bridgehead atoms. The molecule has 0 saturated carbocycles. The highest BCUT2D eigenvalue weighted by molar-refractivity contribution is 5.74. The molecule has 0 amide bonds. The second-order valence-electron chi connectivity index (χ2n) is 2.40. The van der Waals surface area contributed by atoms with Crippen LogP contribution in [0.25, 0.3) is 0 Å². The maximum Gasteiger partial charge on any atom is 0.0812 e. The van der Waals surface area contributed by atoms with Crippen molar-refractivity contribution < 1.29 is 0 Å². The van der Waals surface area contributed by atoms with Gasteiger partial charge in [0.2, 0.25) is 0 Å². The molecule has 1 rings (SSSR count). The fourth-order valence-electron chi connectivity index (χ4n) is 0.671. The van der Waals surface area contributed by atoms with Crippen molar-refractivity contribution in [3.63, 3.8) is 0 Å². The average Bonchev–Trinajstić information content (AvgIpc) is 2.05. The summed E-state index contributed by atoms with van der Waals surface area (Å²) in [7, 11) is 0. The first kappa shape index (κ1) is 8.46. The third-order valence-corrected chi connectivity index (χ3v) is 1.21. The lowest BCUT2D eigenvalue weighted by molar-refractivity contribution is 1.30. The first-order chi connectivity index (χ1) is 5.79. The van der Waals surface area contributed by atoms with Crippen LogP contribution in [-0.2, 0) is 0 Å². The van der Waals surface area contributed by atoms with Crippen LogP contribution in [0.4, 0.5) is 5.69 Å². The molecule has 62 valence electrons. The van der Waals surface area contributed by atoms with Crippen molar-refractivity contribution >= 4 is 11.9 Å². The first-order valence-electron chi connectivity index (χ1n) is 3.65. The van der Waals surface area contributed by atoms with Gasteiger partial charge in [0.05, 0.1) is 11.9 Å². The minimum Gasteiger partial charge on any atom is -0.402 e. The number of hydrogen-bond acceptors (Lipinski definition) is 3. The fourth-order valence-corrected chi connectivity index (χ4v) is 0.671. The number of nitrogens with zero attached hydrogens (tertiary/aromatic N) is 2. The van der Waals surface area contributed by atoms with Crippen molar-refractivity contribution in [2.45, 2.75) is 6.92 Å². The average molecular weight is 161 g/mol. The molecule has 0 aliphatic carbocycles. The zero-order chi connectivity index (χ0) is 8.81. The Labute approximate surface area is 71.7 Å². The first-order valence-corrected chi connectivity index (χ1v) is 3.65. The maximum absolute atomic E-state index is 5.41. The highest BCUT2D eigenvalue weighted by atomic mass is 14.8. The van der Waals surface area contributed by atoms with Crippen LogP contribution in [0.5, 0.6) is 0 Å². The predicted octanol–water partition coefficient (Wildman–Crippen LogP) is 1.65.